The molecule has 0 radical (unpaired) electrons. The highest BCUT2D eigenvalue weighted by atomic mass is 32.1. The number of hydrogen-bond acceptors (Lipinski definition) is 4. The van der Waals surface area contributed by atoms with Crippen LogP contribution in [-0.4, -0.2) is 24.2 Å². The maximum absolute atomic E-state index is 11.2. The Balaban J connectivity index is 0.000000317. The van der Waals surface area contributed by atoms with E-state index in [0.29, 0.717) is 4.88 Å². The molecule has 2 aromatic rings. The van der Waals surface area contributed by atoms with Gasteiger partial charge in [-0.05, 0) is 17.5 Å². The van der Waals surface area contributed by atoms with Crippen LogP contribution < -0.4 is 0 Å². The Morgan fingerprint density at radius 3 is 2.41 bits per heavy atom. The molecule has 1 aromatic carbocycles. The molecule has 1 heterocycles. The number of carboxylic acid groups (broad SMARTS) is 1. The van der Waals surface area contributed by atoms with Gasteiger partial charge in [0.25, 0.3) is 5.97 Å². The Morgan fingerprint density at radius 2 is 1.88 bits per heavy atom. The van der Waals surface area contributed by atoms with E-state index < -0.39 is 5.97 Å². The standard InChI is InChI=1S/C10H8O2S.C2H4O2/c1-12-10(11)9-6-7-4-2-3-5-8(7)13-9;1-2(3)4/h2-6H,1H3;1H3,(H,3,4). The third-order valence-corrected chi connectivity index (χ3v) is 2.91. The zero-order valence-corrected chi connectivity index (χ0v) is 10.3. The molecule has 17 heavy (non-hydrogen) atoms. The molecular formula is C12H12O4S. The summed E-state index contributed by atoms with van der Waals surface area (Å²) in [4.78, 5) is 20.8. The van der Waals surface area contributed by atoms with Gasteiger partial charge in [0.15, 0.2) is 0 Å². The van der Waals surface area contributed by atoms with Gasteiger partial charge in [-0.15, -0.1) is 11.3 Å². The van der Waals surface area contributed by atoms with Crippen LogP contribution in [0, 0.1) is 0 Å². The van der Waals surface area contributed by atoms with Gasteiger partial charge < -0.3 is 9.84 Å². The van der Waals surface area contributed by atoms with Crippen LogP contribution in [0.25, 0.3) is 10.1 Å². The Hall–Kier alpha value is -1.88. The second kappa shape index (κ2) is 6.00. The van der Waals surface area contributed by atoms with E-state index in [2.05, 4.69) is 4.74 Å². The number of carboxylic acids is 1. The van der Waals surface area contributed by atoms with Gasteiger partial charge in [0.2, 0.25) is 0 Å². The van der Waals surface area contributed by atoms with Gasteiger partial charge in [-0.2, -0.15) is 0 Å². The number of ether oxygens (including phenoxy) is 1. The fourth-order valence-corrected chi connectivity index (χ4v) is 2.16. The summed E-state index contributed by atoms with van der Waals surface area (Å²) in [5.74, 6) is -1.10. The van der Waals surface area contributed by atoms with Gasteiger partial charge in [-0.25, -0.2) is 4.79 Å². The first kappa shape index (κ1) is 13.2. The maximum Gasteiger partial charge on any atom is 0.348 e. The lowest BCUT2D eigenvalue weighted by molar-refractivity contribution is -0.134. The van der Waals surface area contributed by atoms with Gasteiger partial charge in [0.05, 0.1) is 7.11 Å². The topological polar surface area (TPSA) is 63.6 Å². The molecule has 0 fully saturated rings. The predicted octanol–water partition coefficient (Wildman–Crippen LogP) is 2.78. The number of rotatable bonds is 1. The van der Waals surface area contributed by atoms with Crippen LogP contribution in [0.4, 0.5) is 0 Å². The number of benzene rings is 1. The third kappa shape index (κ3) is 3.88. The highest BCUT2D eigenvalue weighted by Crippen LogP contribution is 2.25. The molecule has 0 unspecified atom stereocenters. The molecule has 0 bridgehead atoms. The lowest BCUT2D eigenvalue weighted by Gasteiger charge is -1.90. The van der Waals surface area contributed by atoms with Crippen molar-refractivity contribution in [3.05, 3.63) is 35.2 Å². The lowest BCUT2D eigenvalue weighted by atomic mass is 10.2. The number of thiophene rings is 1. The zero-order chi connectivity index (χ0) is 12.8. The van der Waals surface area contributed by atoms with E-state index in [-0.39, 0.29) is 5.97 Å². The monoisotopic (exact) mass is 252 g/mol. The van der Waals surface area contributed by atoms with Crippen LogP contribution in [0.2, 0.25) is 0 Å². The summed E-state index contributed by atoms with van der Waals surface area (Å²) in [5, 5.41) is 8.51. The molecule has 1 N–H and O–H groups in total. The number of hydrogen-bond donors (Lipinski definition) is 1. The molecule has 0 amide bonds. The first-order chi connectivity index (χ1) is 8.04. The van der Waals surface area contributed by atoms with E-state index in [0.717, 1.165) is 17.0 Å². The quantitative estimate of drug-likeness (QED) is 0.793. The second-order valence-electron chi connectivity index (χ2n) is 3.16. The average molecular weight is 252 g/mol. The van der Waals surface area contributed by atoms with Gasteiger partial charge in [0, 0.05) is 11.6 Å². The van der Waals surface area contributed by atoms with Crippen LogP contribution in [0.15, 0.2) is 30.3 Å². The van der Waals surface area contributed by atoms with Crippen LogP contribution in [-0.2, 0) is 9.53 Å². The molecule has 0 saturated heterocycles. The number of aliphatic carboxylic acids is 1. The summed E-state index contributed by atoms with van der Waals surface area (Å²) >= 11 is 1.46. The minimum absolute atomic E-state index is 0.263. The Labute approximate surface area is 102 Å². The first-order valence-corrected chi connectivity index (χ1v) is 5.62. The minimum atomic E-state index is -0.833. The van der Waals surface area contributed by atoms with Gasteiger partial charge >= 0.3 is 5.97 Å². The largest absolute Gasteiger partial charge is 0.481 e. The number of esters is 1. The van der Waals surface area contributed by atoms with Gasteiger partial charge in [-0.1, -0.05) is 18.2 Å². The Morgan fingerprint density at radius 1 is 1.29 bits per heavy atom. The lowest BCUT2D eigenvalue weighted by Crippen LogP contribution is -1.96. The molecule has 0 spiro atoms. The molecule has 4 nitrogen and oxygen atoms in total. The predicted molar refractivity (Wildman–Crippen MR) is 66.5 cm³/mol. The first-order valence-electron chi connectivity index (χ1n) is 4.81. The molecule has 0 aliphatic rings. The summed E-state index contributed by atoms with van der Waals surface area (Å²) in [6.45, 7) is 1.08. The van der Waals surface area contributed by atoms with Gasteiger partial charge in [0.1, 0.15) is 4.88 Å². The second-order valence-corrected chi connectivity index (χ2v) is 4.24. The van der Waals surface area contributed by atoms with E-state index in [1.807, 2.05) is 30.3 Å². The number of methoxy groups -OCH3 is 1. The molecule has 0 saturated carbocycles. The fourth-order valence-electron chi connectivity index (χ4n) is 1.18. The van der Waals surface area contributed by atoms with Gasteiger partial charge in [-0.3, -0.25) is 4.79 Å². The molecule has 0 atom stereocenters. The number of carbonyl (C=O) groups is 2. The smallest absolute Gasteiger partial charge is 0.348 e. The molecule has 1 aromatic heterocycles. The Bertz CT molecular complexity index is 493. The number of fused-ring (bicyclic) bond motifs is 1. The van der Waals surface area contributed by atoms with E-state index in [1.54, 1.807) is 0 Å². The molecule has 0 aliphatic heterocycles. The minimum Gasteiger partial charge on any atom is -0.481 e. The zero-order valence-electron chi connectivity index (χ0n) is 9.47. The highest BCUT2D eigenvalue weighted by Gasteiger charge is 2.08. The summed E-state index contributed by atoms with van der Waals surface area (Å²) in [7, 11) is 1.40. The van der Waals surface area contributed by atoms with Crippen molar-refractivity contribution >= 4 is 33.4 Å². The van der Waals surface area contributed by atoms with E-state index in [4.69, 9.17) is 9.90 Å². The van der Waals surface area contributed by atoms with Crippen molar-refractivity contribution < 1.29 is 19.4 Å². The average Bonchev–Trinajstić information content (AvgIpc) is 2.70. The van der Waals surface area contributed by atoms with Crippen LogP contribution in [0.5, 0.6) is 0 Å². The Kier molecular flexibility index (Phi) is 4.66. The van der Waals surface area contributed by atoms with Crippen LogP contribution in [0.3, 0.4) is 0 Å². The van der Waals surface area contributed by atoms with E-state index in [1.165, 1.54) is 18.4 Å². The summed E-state index contributed by atoms with van der Waals surface area (Å²) in [5.41, 5.74) is 0. The van der Waals surface area contributed by atoms with E-state index in [9.17, 15) is 4.79 Å². The SMILES string of the molecule is CC(=O)O.COC(=O)c1cc2ccccc2s1. The van der Waals surface area contributed by atoms with Crippen molar-refractivity contribution in [1.29, 1.82) is 0 Å². The van der Waals surface area contributed by atoms with Crippen molar-refractivity contribution in [2.75, 3.05) is 7.11 Å². The molecule has 0 aliphatic carbocycles. The van der Waals surface area contributed by atoms with Crippen molar-refractivity contribution in [3.63, 3.8) is 0 Å². The summed E-state index contributed by atoms with van der Waals surface area (Å²) in [6, 6.07) is 9.74. The van der Waals surface area contributed by atoms with Crippen molar-refractivity contribution in [2.24, 2.45) is 0 Å². The third-order valence-electron chi connectivity index (χ3n) is 1.81. The maximum atomic E-state index is 11.2. The van der Waals surface area contributed by atoms with Crippen molar-refractivity contribution in [3.8, 4) is 0 Å². The summed E-state index contributed by atoms with van der Waals surface area (Å²) in [6.07, 6.45) is 0. The van der Waals surface area contributed by atoms with Crippen LogP contribution >= 0.6 is 11.3 Å². The highest BCUT2D eigenvalue weighted by molar-refractivity contribution is 7.20. The van der Waals surface area contributed by atoms with E-state index >= 15 is 0 Å². The fraction of sp³-hybridized carbons (Fsp3) is 0.167. The number of carbonyl (C=O) groups excluding carboxylic acids is 1. The van der Waals surface area contributed by atoms with Crippen LogP contribution in [0.1, 0.15) is 16.6 Å². The normalized spacial score (nSPS) is 9.29. The summed E-state index contributed by atoms with van der Waals surface area (Å²) < 4.78 is 5.75. The molecule has 90 valence electrons. The van der Waals surface area contributed by atoms with Crippen molar-refractivity contribution in [1.82, 2.24) is 0 Å². The molecular weight excluding hydrogens is 240 g/mol. The molecule has 2 rings (SSSR count). The van der Waals surface area contributed by atoms with Crippen molar-refractivity contribution in [2.45, 2.75) is 6.92 Å². The molecule has 5 heteroatoms.